The van der Waals surface area contributed by atoms with Crippen LogP contribution in [0.25, 0.3) is 0 Å². The van der Waals surface area contributed by atoms with Gasteiger partial charge in [0, 0.05) is 25.5 Å². The van der Waals surface area contributed by atoms with Crippen molar-refractivity contribution in [3.05, 3.63) is 0 Å². The van der Waals surface area contributed by atoms with Crippen molar-refractivity contribution < 1.29 is 8.42 Å². The van der Waals surface area contributed by atoms with Crippen molar-refractivity contribution in [3.8, 4) is 0 Å². The Morgan fingerprint density at radius 3 is 2.27 bits per heavy atom. The van der Waals surface area contributed by atoms with Crippen LogP contribution in [0.2, 0.25) is 0 Å². The number of nitrogens with zero attached hydrogens (tertiary/aromatic N) is 1. The molecule has 0 aliphatic carbocycles. The van der Waals surface area contributed by atoms with Crippen LogP contribution in [-0.2, 0) is 10.2 Å². The number of hydrogen-bond donors (Lipinski definition) is 1. The summed E-state index contributed by atoms with van der Waals surface area (Å²) in [6.07, 6.45) is 0.822. The fraction of sp³-hybridized carbons (Fsp3) is 1.00. The molecule has 0 saturated carbocycles. The molecule has 1 unspecified atom stereocenters. The first-order valence-electron chi connectivity index (χ1n) is 5.28. The lowest BCUT2D eigenvalue weighted by Gasteiger charge is -2.20. The summed E-state index contributed by atoms with van der Waals surface area (Å²) in [6.45, 7) is 7.07. The van der Waals surface area contributed by atoms with Crippen LogP contribution in [0.3, 0.4) is 0 Å². The van der Waals surface area contributed by atoms with E-state index >= 15 is 0 Å². The largest absolute Gasteiger partial charge is 0.279 e. The van der Waals surface area contributed by atoms with Gasteiger partial charge in [-0.1, -0.05) is 20.8 Å². The van der Waals surface area contributed by atoms with Crippen LogP contribution in [0.1, 0.15) is 27.2 Å². The van der Waals surface area contributed by atoms with E-state index in [9.17, 15) is 8.42 Å². The van der Waals surface area contributed by atoms with E-state index in [1.54, 1.807) is 0 Å². The van der Waals surface area contributed by atoms with Gasteiger partial charge in [0.15, 0.2) is 0 Å². The van der Waals surface area contributed by atoms with Gasteiger partial charge in [0.05, 0.1) is 0 Å². The molecule has 0 heterocycles. The third-order valence-corrected chi connectivity index (χ3v) is 4.21. The summed E-state index contributed by atoms with van der Waals surface area (Å²) in [7, 11) is -3.30. The second-order valence-corrected chi connectivity index (χ2v) is 5.65. The van der Waals surface area contributed by atoms with Crippen LogP contribution in [-0.4, -0.2) is 38.2 Å². The molecule has 0 radical (unpaired) electrons. The van der Waals surface area contributed by atoms with E-state index in [1.165, 1.54) is 4.31 Å². The normalized spacial score (nSPS) is 14.5. The highest BCUT2D eigenvalue weighted by Crippen LogP contribution is 2.03. The molecule has 0 spiro atoms. The maximum absolute atomic E-state index is 11.7. The maximum atomic E-state index is 11.7. The zero-order valence-electron chi connectivity index (χ0n) is 9.66. The zero-order chi connectivity index (χ0) is 11.9. The molecule has 0 bridgehead atoms. The topological polar surface area (TPSA) is 49.4 Å². The fourth-order valence-corrected chi connectivity index (χ4v) is 2.92. The molecule has 0 aromatic rings. The van der Waals surface area contributed by atoms with Gasteiger partial charge in [0.25, 0.3) is 10.2 Å². The zero-order valence-corrected chi connectivity index (χ0v) is 11.2. The maximum Gasteiger partial charge on any atom is 0.279 e. The lowest BCUT2D eigenvalue weighted by Crippen LogP contribution is -2.42. The van der Waals surface area contributed by atoms with Crippen LogP contribution < -0.4 is 4.72 Å². The number of halogens is 1. The number of alkyl halides is 1. The van der Waals surface area contributed by atoms with Gasteiger partial charge in [0.2, 0.25) is 0 Å². The average Bonchev–Trinajstić information content (AvgIpc) is 2.17. The highest BCUT2D eigenvalue weighted by Gasteiger charge is 2.18. The first kappa shape index (κ1) is 15.2. The fourth-order valence-electron chi connectivity index (χ4n) is 1.19. The summed E-state index contributed by atoms with van der Waals surface area (Å²) in [5.74, 6) is 0.835. The minimum absolute atomic E-state index is 0.271. The summed E-state index contributed by atoms with van der Waals surface area (Å²) in [5, 5.41) is 0. The summed E-state index contributed by atoms with van der Waals surface area (Å²) in [4.78, 5) is 0. The van der Waals surface area contributed by atoms with Gasteiger partial charge < -0.3 is 0 Å². The third-order valence-electron chi connectivity index (χ3n) is 2.26. The van der Waals surface area contributed by atoms with Crippen molar-refractivity contribution in [1.82, 2.24) is 9.03 Å². The molecule has 92 valence electrons. The van der Waals surface area contributed by atoms with Gasteiger partial charge in [0.1, 0.15) is 0 Å². The van der Waals surface area contributed by atoms with E-state index in [2.05, 4.69) is 4.72 Å². The summed E-state index contributed by atoms with van der Waals surface area (Å²) < 4.78 is 27.4. The Labute approximate surface area is 98.2 Å². The van der Waals surface area contributed by atoms with Crippen molar-refractivity contribution in [3.63, 3.8) is 0 Å². The summed E-state index contributed by atoms with van der Waals surface area (Å²) in [5.41, 5.74) is 0. The molecule has 1 N–H and O–H groups in total. The molecule has 0 aliphatic rings. The van der Waals surface area contributed by atoms with E-state index in [0.717, 1.165) is 6.42 Å². The standard InChI is InChI=1S/C9H21ClN2O2S/c1-4-12(5-2)15(13,14)11-8-9(3)6-7-10/h9,11H,4-8H2,1-3H3. The molecule has 0 rings (SSSR count). The van der Waals surface area contributed by atoms with Crippen molar-refractivity contribution in [2.75, 3.05) is 25.5 Å². The molecule has 0 aliphatic heterocycles. The van der Waals surface area contributed by atoms with E-state index in [-0.39, 0.29) is 5.92 Å². The van der Waals surface area contributed by atoms with E-state index in [4.69, 9.17) is 11.6 Å². The van der Waals surface area contributed by atoms with Gasteiger partial charge >= 0.3 is 0 Å². The molecular formula is C9H21ClN2O2S. The van der Waals surface area contributed by atoms with Gasteiger partial charge in [-0.3, -0.25) is 0 Å². The molecule has 1 atom stereocenters. The smallest absolute Gasteiger partial charge is 0.202 e. The Kier molecular flexibility index (Phi) is 7.52. The van der Waals surface area contributed by atoms with Gasteiger partial charge in [-0.2, -0.15) is 12.7 Å². The Morgan fingerprint density at radius 1 is 1.33 bits per heavy atom. The van der Waals surface area contributed by atoms with E-state index in [0.29, 0.717) is 25.5 Å². The summed E-state index contributed by atoms with van der Waals surface area (Å²) in [6, 6.07) is 0. The van der Waals surface area contributed by atoms with Gasteiger partial charge in [-0.25, -0.2) is 4.72 Å². The van der Waals surface area contributed by atoms with Crippen molar-refractivity contribution >= 4 is 21.8 Å². The van der Waals surface area contributed by atoms with E-state index in [1.807, 2.05) is 20.8 Å². The lowest BCUT2D eigenvalue weighted by atomic mass is 10.1. The van der Waals surface area contributed by atoms with Gasteiger partial charge in [-0.05, 0) is 12.3 Å². The highest BCUT2D eigenvalue weighted by atomic mass is 35.5. The van der Waals surface area contributed by atoms with Crippen LogP contribution >= 0.6 is 11.6 Å². The molecule has 0 aromatic carbocycles. The quantitative estimate of drug-likeness (QED) is 0.668. The number of rotatable bonds is 8. The molecule has 6 heteroatoms. The third kappa shape index (κ3) is 5.70. The summed E-state index contributed by atoms with van der Waals surface area (Å²) >= 11 is 5.58. The first-order valence-corrected chi connectivity index (χ1v) is 7.26. The molecule has 0 aromatic heterocycles. The van der Waals surface area contributed by atoms with Crippen LogP contribution in [0.4, 0.5) is 0 Å². The van der Waals surface area contributed by atoms with Crippen LogP contribution in [0.15, 0.2) is 0 Å². The molecule has 0 fully saturated rings. The van der Waals surface area contributed by atoms with E-state index < -0.39 is 10.2 Å². The second-order valence-electron chi connectivity index (χ2n) is 3.52. The minimum atomic E-state index is -3.30. The monoisotopic (exact) mass is 256 g/mol. The predicted molar refractivity (Wildman–Crippen MR) is 64.3 cm³/mol. The van der Waals surface area contributed by atoms with Crippen molar-refractivity contribution in [1.29, 1.82) is 0 Å². The van der Waals surface area contributed by atoms with Crippen molar-refractivity contribution in [2.24, 2.45) is 5.92 Å². The average molecular weight is 257 g/mol. The van der Waals surface area contributed by atoms with Crippen LogP contribution in [0, 0.1) is 5.92 Å². The lowest BCUT2D eigenvalue weighted by molar-refractivity contribution is 0.427. The predicted octanol–water partition coefficient (Wildman–Crippen LogP) is 1.43. The molecule has 0 saturated heterocycles. The first-order chi connectivity index (χ1) is 6.97. The molecule has 15 heavy (non-hydrogen) atoms. The molecule has 0 amide bonds. The van der Waals surface area contributed by atoms with Crippen molar-refractivity contribution in [2.45, 2.75) is 27.2 Å². The highest BCUT2D eigenvalue weighted by molar-refractivity contribution is 7.87. The number of hydrogen-bond acceptors (Lipinski definition) is 2. The Hall–Kier alpha value is 0.160. The molecular weight excluding hydrogens is 236 g/mol. The Bertz CT molecular complexity index is 253. The minimum Gasteiger partial charge on any atom is -0.202 e. The Morgan fingerprint density at radius 2 is 1.87 bits per heavy atom. The molecule has 4 nitrogen and oxygen atoms in total. The second kappa shape index (κ2) is 7.44. The van der Waals surface area contributed by atoms with Crippen LogP contribution in [0.5, 0.6) is 0 Å². The SMILES string of the molecule is CCN(CC)S(=O)(=O)NCC(C)CCCl. The Balaban J connectivity index is 4.14. The number of nitrogens with one attached hydrogen (secondary N) is 1. The van der Waals surface area contributed by atoms with Gasteiger partial charge in [-0.15, -0.1) is 11.6 Å².